The molecule has 3 aromatic rings. The zero-order chi connectivity index (χ0) is 27.9. The third-order valence-corrected chi connectivity index (χ3v) is 7.99. The van der Waals surface area contributed by atoms with E-state index in [1.165, 1.54) is 23.6 Å². The molecule has 0 saturated heterocycles. The van der Waals surface area contributed by atoms with Crippen LogP contribution in [0.15, 0.2) is 54.6 Å². The Labute approximate surface area is 227 Å². The quantitative estimate of drug-likeness (QED) is 0.232. The van der Waals surface area contributed by atoms with Gasteiger partial charge in [-0.1, -0.05) is 18.2 Å². The van der Waals surface area contributed by atoms with Crippen molar-refractivity contribution in [1.29, 1.82) is 10.8 Å². The highest BCUT2D eigenvalue weighted by atomic mass is 19.1. The molecule has 3 N–H and O–H groups in total. The number of hydrogen-bond acceptors (Lipinski definition) is 5. The van der Waals surface area contributed by atoms with Crippen LogP contribution in [0.3, 0.4) is 0 Å². The molecule has 0 aliphatic heterocycles. The molecule has 0 aromatic heterocycles. The van der Waals surface area contributed by atoms with Gasteiger partial charge in [0.1, 0.15) is 29.8 Å². The molecule has 1 fully saturated rings. The molecular formula is C31H32FN3O4. The monoisotopic (exact) mass is 529 g/mol. The Balaban J connectivity index is 1.46. The highest BCUT2D eigenvalue weighted by molar-refractivity contribution is 6.07. The maximum Gasteiger partial charge on any atom is 0.307 e. The maximum absolute atomic E-state index is 15.0. The van der Waals surface area contributed by atoms with Crippen LogP contribution in [-0.4, -0.2) is 41.3 Å². The van der Waals surface area contributed by atoms with Gasteiger partial charge < -0.3 is 19.5 Å². The van der Waals surface area contributed by atoms with E-state index in [2.05, 4.69) is 0 Å². The van der Waals surface area contributed by atoms with Gasteiger partial charge in [0, 0.05) is 22.6 Å². The van der Waals surface area contributed by atoms with Gasteiger partial charge in [-0.2, -0.15) is 0 Å². The number of carboxylic acid groups (broad SMARTS) is 1. The summed E-state index contributed by atoms with van der Waals surface area (Å²) in [6.45, 7) is 3.98. The van der Waals surface area contributed by atoms with E-state index in [9.17, 15) is 14.3 Å². The first kappa shape index (κ1) is 26.4. The first-order valence-electron chi connectivity index (χ1n) is 13.0. The van der Waals surface area contributed by atoms with E-state index < -0.39 is 11.8 Å². The Kier molecular flexibility index (Phi) is 6.89. The molecule has 39 heavy (non-hydrogen) atoms. The van der Waals surface area contributed by atoms with E-state index >= 15 is 0 Å². The van der Waals surface area contributed by atoms with Crippen LogP contribution in [0.25, 0.3) is 11.1 Å². The maximum atomic E-state index is 15.0. The zero-order valence-corrected chi connectivity index (χ0v) is 22.3. The molecule has 0 amide bonds. The molecule has 202 valence electrons. The Hall–Kier alpha value is -4.20. The number of ether oxygens (including phenoxy) is 2. The lowest BCUT2D eigenvalue weighted by molar-refractivity contribution is -0.139. The van der Waals surface area contributed by atoms with Gasteiger partial charge in [-0.3, -0.25) is 15.6 Å². The summed E-state index contributed by atoms with van der Waals surface area (Å²) in [6, 6.07) is 15.7. The van der Waals surface area contributed by atoms with Crippen molar-refractivity contribution in [2.45, 2.75) is 51.2 Å². The summed E-state index contributed by atoms with van der Waals surface area (Å²) in [5.74, 6) is -0.270. The lowest BCUT2D eigenvalue weighted by Crippen LogP contribution is -2.35. The normalized spacial score (nSPS) is 19.1. The van der Waals surface area contributed by atoms with Gasteiger partial charge in [0.15, 0.2) is 0 Å². The van der Waals surface area contributed by atoms with Crippen molar-refractivity contribution in [1.82, 2.24) is 4.90 Å². The smallest absolute Gasteiger partial charge is 0.307 e. The molecule has 2 aliphatic rings. The SMILES string of the molecule is COc1ccc(F)c(-c2ccc(COc3ccc4c(c3)[C@]3(CC4)CC3C(=O)O)cc2C(=N)N(C=N)C(C)C)c1. The molecule has 2 aliphatic carbocycles. The Morgan fingerprint density at radius 2 is 1.92 bits per heavy atom. The molecule has 5 rings (SSSR count). The van der Waals surface area contributed by atoms with E-state index in [1.54, 1.807) is 24.3 Å². The van der Waals surface area contributed by atoms with Gasteiger partial charge in [0.25, 0.3) is 0 Å². The average Bonchev–Trinajstić information content (AvgIpc) is 3.57. The number of carbonyl (C=O) groups is 1. The number of aliphatic carboxylic acids is 1. The molecule has 1 spiro atoms. The van der Waals surface area contributed by atoms with Crippen molar-refractivity contribution < 1.29 is 23.8 Å². The summed E-state index contributed by atoms with van der Waals surface area (Å²) in [4.78, 5) is 13.1. The fraction of sp³-hybridized carbons (Fsp3) is 0.323. The summed E-state index contributed by atoms with van der Waals surface area (Å²) in [5.41, 5.74) is 4.07. The number of fused-ring (bicyclic) bond motifs is 2. The number of carboxylic acids is 1. The highest BCUT2D eigenvalue weighted by Crippen LogP contribution is 2.62. The van der Waals surface area contributed by atoms with Crippen molar-refractivity contribution >= 4 is 18.1 Å². The second-order valence-electron chi connectivity index (χ2n) is 10.6. The van der Waals surface area contributed by atoms with Crippen LogP contribution in [0.5, 0.6) is 11.5 Å². The molecular weight excluding hydrogens is 497 g/mol. The third kappa shape index (κ3) is 4.75. The molecule has 2 atom stereocenters. The standard InChI is InChI=1S/C31H32FN3O4/c1-18(2)35(17-33)29(34)25-12-19(4-8-23(25)24-13-21(38-3)7-9-28(24)32)16-39-22-6-5-20-10-11-31(26(20)14-22)15-27(31)30(36)37/h4-9,12-14,17-18,27,33-34H,10-11,15-16H2,1-3H3,(H,36,37)/t27?,31-/m0/s1. The molecule has 0 radical (unpaired) electrons. The van der Waals surface area contributed by atoms with Crippen LogP contribution in [0, 0.1) is 22.6 Å². The highest BCUT2D eigenvalue weighted by Gasteiger charge is 2.61. The third-order valence-electron chi connectivity index (χ3n) is 7.99. The predicted octanol–water partition coefficient (Wildman–Crippen LogP) is 6.01. The number of hydrogen-bond donors (Lipinski definition) is 3. The summed E-state index contributed by atoms with van der Waals surface area (Å²) >= 11 is 0. The Bertz CT molecular complexity index is 1470. The van der Waals surface area contributed by atoms with Crippen LogP contribution in [0.4, 0.5) is 4.39 Å². The summed E-state index contributed by atoms with van der Waals surface area (Å²) in [6.07, 6.45) is 3.51. The van der Waals surface area contributed by atoms with E-state index in [0.29, 0.717) is 34.6 Å². The minimum atomic E-state index is -0.739. The minimum Gasteiger partial charge on any atom is -0.497 e. The van der Waals surface area contributed by atoms with Crippen molar-refractivity contribution in [2.24, 2.45) is 5.92 Å². The van der Waals surface area contributed by atoms with Gasteiger partial charge >= 0.3 is 5.97 Å². The number of rotatable bonds is 9. The first-order valence-corrected chi connectivity index (χ1v) is 13.0. The molecule has 7 nitrogen and oxygen atoms in total. The van der Waals surface area contributed by atoms with Crippen LogP contribution >= 0.6 is 0 Å². The molecule has 1 saturated carbocycles. The Morgan fingerprint density at radius 1 is 1.15 bits per heavy atom. The van der Waals surface area contributed by atoms with E-state index in [4.69, 9.17) is 20.3 Å². The molecule has 3 aromatic carbocycles. The topological polar surface area (TPSA) is 107 Å². The number of nitrogens with zero attached hydrogens (tertiary/aromatic N) is 1. The second-order valence-corrected chi connectivity index (χ2v) is 10.6. The second kappa shape index (κ2) is 10.2. The van der Waals surface area contributed by atoms with Crippen LogP contribution in [0.2, 0.25) is 0 Å². The largest absolute Gasteiger partial charge is 0.497 e. The summed E-state index contributed by atoms with van der Waals surface area (Å²) < 4.78 is 26.4. The number of halogens is 1. The van der Waals surface area contributed by atoms with Crippen LogP contribution < -0.4 is 9.47 Å². The number of aryl methyl sites for hydroxylation is 1. The fourth-order valence-electron chi connectivity index (χ4n) is 5.75. The lowest BCUT2D eigenvalue weighted by Gasteiger charge is -2.26. The minimum absolute atomic E-state index is 0.0759. The van der Waals surface area contributed by atoms with Crippen molar-refractivity contribution in [3.63, 3.8) is 0 Å². The summed E-state index contributed by atoms with van der Waals surface area (Å²) in [5, 5.41) is 26.3. The Morgan fingerprint density at radius 3 is 2.59 bits per heavy atom. The first-order chi connectivity index (χ1) is 18.7. The zero-order valence-electron chi connectivity index (χ0n) is 22.3. The van der Waals surface area contributed by atoms with Gasteiger partial charge in [0.05, 0.1) is 19.4 Å². The predicted molar refractivity (Wildman–Crippen MR) is 147 cm³/mol. The molecule has 8 heteroatoms. The van der Waals surface area contributed by atoms with Crippen LogP contribution in [-0.2, 0) is 23.2 Å². The van der Waals surface area contributed by atoms with Crippen molar-refractivity contribution in [2.75, 3.05) is 7.11 Å². The van der Waals surface area contributed by atoms with Gasteiger partial charge in [0.2, 0.25) is 0 Å². The number of nitrogens with one attached hydrogen (secondary N) is 2. The van der Waals surface area contributed by atoms with Crippen LogP contribution in [0.1, 0.15) is 48.9 Å². The fourth-order valence-corrected chi connectivity index (χ4v) is 5.75. The number of benzene rings is 3. The molecule has 0 bridgehead atoms. The van der Waals surface area contributed by atoms with Crippen molar-refractivity contribution in [3.8, 4) is 22.6 Å². The van der Waals surface area contributed by atoms with Gasteiger partial charge in [-0.05, 0) is 91.8 Å². The number of methoxy groups -OCH3 is 1. The molecule has 1 unspecified atom stereocenters. The van der Waals surface area contributed by atoms with Gasteiger partial charge in [-0.15, -0.1) is 0 Å². The number of amidine groups is 1. The van der Waals surface area contributed by atoms with Gasteiger partial charge in [-0.25, -0.2) is 4.39 Å². The van der Waals surface area contributed by atoms with E-state index in [-0.39, 0.29) is 29.8 Å². The molecule has 0 heterocycles. The average molecular weight is 530 g/mol. The van der Waals surface area contributed by atoms with E-state index in [0.717, 1.165) is 30.3 Å². The van der Waals surface area contributed by atoms with E-state index in [1.807, 2.05) is 38.1 Å². The lowest BCUT2D eigenvalue weighted by atomic mass is 9.95. The summed E-state index contributed by atoms with van der Waals surface area (Å²) in [7, 11) is 1.52. The van der Waals surface area contributed by atoms with Crippen molar-refractivity contribution in [3.05, 3.63) is 82.7 Å².